The number of carbonyl (C=O) groups excluding carboxylic acids is 4. The van der Waals surface area contributed by atoms with Gasteiger partial charge in [0.2, 0.25) is 5.91 Å². The molecule has 4 heterocycles. The Balaban J connectivity index is 0.964. The van der Waals surface area contributed by atoms with E-state index in [0.717, 1.165) is 44.3 Å². The van der Waals surface area contributed by atoms with Gasteiger partial charge in [-0.1, -0.05) is 68.4 Å². The predicted molar refractivity (Wildman–Crippen MR) is 259 cm³/mol. The molecule has 2 aliphatic heterocycles. The number of hydrogen-bond donors (Lipinski definition) is 3. The molecule has 69 heavy (non-hydrogen) atoms. The second kappa shape index (κ2) is 18.2. The van der Waals surface area contributed by atoms with Crippen molar-refractivity contribution in [3.05, 3.63) is 146 Å². The number of alkyl carbamates (subject to hydrolysis) is 1. The topological polar surface area (TPSA) is 188 Å². The van der Waals surface area contributed by atoms with Crippen molar-refractivity contribution in [2.75, 3.05) is 19.0 Å². The lowest BCUT2D eigenvalue weighted by Crippen LogP contribution is -2.44. The van der Waals surface area contributed by atoms with Gasteiger partial charge >= 0.3 is 18.2 Å². The molecule has 1 aliphatic carbocycles. The molecule has 0 saturated carbocycles. The first kappa shape index (κ1) is 46.6. The highest BCUT2D eigenvalue weighted by atomic mass is 16.6. The number of rotatable bonds is 12. The second-order valence-electron chi connectivity index (χ2n) is 18.8. The van der Waals surface area contributed by atoms with Crippen molar-refractivity contribution in [3.8, 4) is 28.3 Å². The van der Waals surface area contributed by atoms with Crippen molar-refractivity contribution >= 4 is 40.7 Å². The number of nitrogens with one attached hydrogen (secondary N) is 2. The number of esters is 1. The van der Waals surface area contributed by atoms with E-state index in [0.29, 0.717) is 40.3 Å². The van der Waals surface area contributed by atoms with Gasteiger partial charge in [-0.05, 0) is 116 Å². The van der Waals surface area contributed by atoms with E-state index in [1.54, 1.807) is 64.4 Å². The largest absolute Gasteiger partial charge is 0.489 e. The molecular weight excluding hydrogens is 879 g/mol. The van der Waals surface area contributed by atoms with Gasteiger partial charge in [-0.15, -0.1) is 0 Å². The molecule has 0 radical (unpaired) electrons. The fourth-order valence-corrected chi connectivity index (χ4v) is 9.61. The van der Waals surface area contributed by atoms with Crippen LogP contribution in [-0.2, 0) is 62.1 Å². The molecular formula is C54H55N5O10. The molecule has 0 spiro atoms. The number of anilines is 1. The lowest BCUT2D eigenvalue weighted by molar-refractivity contribution is -0.172. The number of aryl methyl sites for hydroxylation is 1. The Labute approximate surface area is 399 Å². The molecule has 0 saturated heterocycles. The van der Waals surface area contributed by atoms with E-state index in [1.165, 1.54) is 4.90 Å². The van der Waals surface area contributed by atoms with Crippen LogP contribution in [0.25, 0.3) is 33.4 Å². The van der Waals surface area contributed by atoms with E-state index in [9.17, 15) is 29.1 Å². The van der Waals surface area contributed by atoms with Crippen LogP contribution in [-0.4, -0.2) is 68.9 Å². The molecule has 0 bridgehead atoms. The minimum Gasteiger partial charge on any atom is -0.489 e. The fourth-order valence-electron chi connectivity index (χ4n) is 9.61. The smallest absolute Gasteiger partial charge is 0.409 e. The van der Waals surface area contributed by atoms with E-state index < -0.39 is 41.3 Å². The summed E-state index contributed by atoms with van der Waals surface area (Å²) in [4.78, 5) is 72.6. The minimum atomic E-state index is -1.93. The Morgan fingerprint density at radius 2 is 1.65 bits per heavy atom. The van der Waals surface area contributed by atoms with Gasteiger partial charge in [0.05, 0.1) is 29.0 Å². The van der Waals surface area contributed by atoms with Gasteiger partial charge in [-0.2, -0.15) is 0 Å². The number of hydrogen-bond acceptors (Lipinski definition) is 11. The zero-order valence-electron chi connectivity index (χ0n) is 39.7. The van der Waals surface area contributed by atoms with Crippen LogP contribution < -0.4 is 20.9 Å². The molecule has 2 aromatic heterocycles. The molecule has 15 nitrogen and oxygen atoms in total. The number of ether oxygens (including phenoxy) is 4. The predicted octanol–water partition coefficient (Wildman–Crippen LogP) is 8.45. The first-order chi connectivity index (χ1) is 33.0. The van der Waals surface area contributed by atoms with Gasteiger partial charge in [0.25, 0.3) is 5.56 Å². The number of pyridine rings is 2. The number of fused-ring (bicyclic) bond motifs is 8. The highest BCUT2D eigenvalue weighted by Gasteiger charge is 2.45. The summed E-state index contributed by atoms with van der Waals surface area (Å²) in [5, 5.41) is 17.6. The van der Waals surface area contributed by atoms with Crippen LogP contribution in [0.15, 0.2) is 95.8 Å². The van der Waals surface area contributed by atoms with Crippen LogP contribution >= 0.6 is 0 Å². The summed E-state index contributed by atoms with van der Waals surface area (Å²) in [7, 11) is 1.65. The normalized spacial score (nSPS) is 16.0. The van der Waals surface area contributed by atoms with E-state index in [2.05, 4.69) is 34.9 Å². The number of benzene rings is 4. The van der Waals surface area contributed by atoms with Crippen molar-refractivity contribution in [1.29, 1.82) is 0 Å². The van der Waals surface area contributed by atoms with Crippen LogP contribution in [0.3, 0.4) is 0 Å². The summed E-state index contributed by atoms with van der Waals surface area (Å²) < 4.78 is 24.7. The molecule has 3 N–H and O–H groups in total. The lowest BCUT2D eigenvalue weighted by atomic mass is 9.86. The van der Waals surface area contributed by atoms with Gasteiger partial charge in [0.15, 0.2) is 5.60 Å². The molecule has 15 heteroatoms. The summed E-state index contributed by atoms with van der Waals surface area (Å²) in [5.41, 5.74) is 7.55. The summed E-state index contributed by atoms with van der Waals surface area (Å²) >= 11 is 0. The monoisotopic (exact) mass is 933 g/mol. The number of carbonyl (C=O) groups is 4. The molecule has 4 aromatic carbocycles. The van der Waals surface area contributed by atoms with Crippen molar-refractivity contribution < 1.29 is 43.2 Å². The Hall–Kier alpha value is -7.52. The van der Waals surface area contributed by atoms with E-state index >= 15 is 0 Å². The number of cyclic esters (lactones) is 1. The maximum absolute atomic E-state index is 13.9. The van der Waals surface area contributed by atoms with Crippen LogP contribution in [0, 0.1) is 0 Å². The van der Waals surface area contributed by atoms with Gasteiger partial charge in [-0.25, -0.2) is 19.4 Å². The molecule has 9 rings (SSSR count). The first-order valence-corrected chi connectivity index (χ1v) is 23.2. The number of nitrogens with zero attached hydrogens (tertiary/aromatic N) is 3. The molecule has 0 unspecified atom stereocenters. The lowest BCUT2D eigenvalue weighted by Gasteiger charge is -2.31. The van der Waals surface area contributed by atoms with Gasteiger partial charge in [0.1, 0.15) is 37.2 Å². The van der Waals surface area contributed by atoms with E-state index in [-0.39, 0.29) is 61.9 Å². The third-order valence-electron chi connectivity index (χ3n) is 13.2. The first-order valence-electron chi connectivity index (χ1n) is 23.2. The molecule has 3 amide bonds. The Morgan fingerprint density at radius 1 is 0.942 bits per heavy atom. The Bertz CT molecular complexity index is 3090. The average molecular weight is 934 g/mol. The number of aromatic nitrogens is 2. The van der Waals surface area contributed by atoms with Crippen LogP contribution in [0.5, 0.6) is 5.75 Å². The summed E-state index contributed by atoms with van der Waals surface area (Å²) in [6, 6.07) is 28.0. The van der Waals surface area contributed by atoms with Crippen LogP contribution in [0.4, 0.5) is 15.3 Å². The van der Waals surface area contributed by atoms with E-state index in [1.807, 2.05) is 55.5 Å². The highest BCUT2D eigenvalue weighted by molar-refractivity contribution is 5.96. The van der Waals surface area contributed by atoms with Gasteiger partial charge in [0, 0.05) is 41.7 Å². The zero-order chi connectivity index (χ0) is 48.9. The van der Waals surface area contributed by atoms with E-state index in [4.69, 9.17) is 23.9 Å². The molecule has 356 valence electrons. The SMILES string of the molecule is CCc1c2c(nc3ccc(OCc4ccc(NC(=O)[C@H](C)NC(=O)OC(C)(C)C)cc4CN(C)C(=O)OCC4c5ccccc5-c5ccccc54)cc13)-c1cc3c(c(=O)n1C2)COC(=O)[C@]3(O)CC. The minimum absolute atomic E-state index is 0.0502. The molecule has 3 aliphatic rings. The van der Waals surface area contributed by atoms with Crippen molar-refractivity contribution in [2.45, 2.75) is 104 Å². The second-order valence-corrected chi connectivity index (χ2v) is 18.8. The quantitative estimate of drug-likeness (QED) is 0.0788. The number of aliphatic hydroxyl groups is 1. The van der Waals surface area contributed by atoms with Crippen molar-refractivity contribution in [1.82, 2.24) is 19.8 Å². The maximum atomic E-state index is 13.9. The third-order valence-corrected chi connectivity index (χ3v) is 13.2. The molecule has 0 fully saturated rings. The summed E-state index contributed by atoms with van der Waals surface area (Å²) in [6.45, 7) is 10.9. The summed E-state index contributed by atoms with van der Waals surface area (Å²) in [5.74, 6) is -0.804. The Morgan fingerprint density at radius 3 is 2.33 bits per heavy atom. The summed E-state index contributed by atoms with van der Waals surface area (Å²) in [6.07, 6.45) is -0.572. The maximum Gasteiger partial charge on any atom is 0.409 e. The van der Waals surface area contributed by atoms with Crippen molar-refractivity contribution in [3.63, 3.8) is 0 Å². The van der Waals surface area contributed by atoms with Crippen molar-refractivity contribution in [2.24, 2.45) is 0 Å². The van der Waals surface area contributed by atoms with Gasteiger partial charge < -0.3 is 44.2 Å². The molecule has 6 aromatic rings. The van der Waals surface area contributed by atoms with Crippen LogP contribution in [0.2, 0.25) is 0 Å². The highest BCUT2D eigenvalue weighted by Crippen LogP contribution is 2.45. The fraction of sp³-hybridized carbons (Fsp3) is 0.333. The third kappa shape index (κ3) is 8.78. The van der Waals surface area contributed by atoms with Gasteiger partial charge in [-0.3, -0.25) is 9.59 Å². The van der Waals surface area contributed by atoms with Crippen LogP contribution in [0.1, 0.15) is 98.4 Å². The zero-order valence-corrected chi connectivity index (χ0v) is 39.7. The average Bonchev–Trinajstić information content (AvgIpc) is 3.85. The molecule has 2 atom stereocenters. The number of amides is 3. The Kier molecular flexibility index (Phi) is 12.3. The standard InChI is InChI=1S/C54H55N5O10/c1-8-35-40-23-34(20-21-45(40)57-47-41(35)26-59-46(47)24-44-43(49(59)61)29-67-50(62)54(44,65)9-2)66-27-31-18-19-33(56-48(60)30(3)55-51(63)69-53(4,5)6)22-32(31)25-58(7)52(64)68-28-42-38-16-12-10-14-36(38)37-15-11-13-17-39(37)42/h10-24,30,42,65H,8-9,25-29H2,1-7H3,(H,55,63)(H,56,60)/t30-,54-/m0/s1.